The first-order valence-electron chi connectivity index (χ1n) is 4.81. The molecule has 4 heteroatoms. The molecule has 0 aromatic heterocycles. The fraction of sp³-hybridized carbons (Fsp3) is 0.455. The van der Waals surface area contributed by atoms with Gasteiger partial charge in [-0.2, -0.15) is 0 Å². The molecule has 1 N–H and O–H groups in total. The van der Waals surface area contributed by atoms with E-state index in [-0.39, 0.29) is 0 Å². The average molecular weight is 293 g/mol. The summed E-state index contributed by atoms with van der Waals surface area (Å²) in [6.45, 7) is 3.78. The van der Waals surface area contributed by atoms with E-state index < -0.39 is 0 Å². The maximum absolute atomic E-state index is 5.85. The molecule has 0 aliphatic heterocycles. The largest absolute Gasteiger partial charge is 0.384 e. The van der Waals surface area contributed by atoms with E-state index in [1.165, 1.54) is 0 Å². The molecule has 0 aliphatic rings. The summed E-state index contributed by atoms with van der Waals surface area (Å²) in [7, 11) is 1.72. The Kier molecular flexibility index (Phi) is 5.43. The second-order valence-corrected chi connectivity index (χ2v) is 4.86. The molecule has 0 fully saturated rings. The number of benzene rings is 1. The van der Waals surface area contributed by atoms with Gasteiger partial charge >= 0.3 is 0 Å². The van der Waals surface area contributed by atoms with Crippen molar-refractivity contribution in [3.63, 3.8) is 0 Å². The standard InChI is InChI=1S/C11H15BrClNO/c1-8(7-15-2)6-14-11-4-3-9(13)5-10(11)12/h3-5,8,14H,6-7H2,1-2H3. The first-order chi connectivity index (χ1) is 7.13. The summed E-state index contributed by atoms with van der Waals surface area (Å²) >= 11 is 9.31. The van der Waals surface area contributed by atoms with E-state index in [0.717, 1.165) is 28.3 Å². The number of hydrogen-bond donors (Lipinski definition) is 1. The summed E-state index contributed by atoms with van der Waals surface area (Å²) in [6, 6.07) is 5.71. The molecule has 0 spiro atoms. The van der Waals surface area contributed by atoms with Crippen LogP contribution >= 0.6 is 27.5 Å². The van der Waals surface area contributed by atoms with Crippen LogP contribution in [-0.2, 0) is 4.74 Å². The number of nitrogens with one attached hydrogen (secondary N) is 1. The van der Waals surface area contributed by atoms with Crippen LogP contribution in [0.4, 0.5) is 5.69 Å². The van der Waals surface area contributed by atoms with Crippen molar-refractivity contribution in [2.24, 2.45) is 5.92 Å². The number of rotatable bonds is 5. The summed E-state index contributed by atoms with van der Waals surface area (Å²) < 4.78 is 6.05. The minimum atomic E-state index is 0.484. The highest BCUT2D eigenvalue weighted by atomic mass is 79.9. The van der Waals surface area contributed by atoms with Crippen LogP contribution in [0.3, 0.4) is 0 Å². The van der Waals surface area contributed by atoms with Gasteiger partial charge in [0, 0.05) is 28.8 Å². The molecule has 1 atom stereocenters. The van der Waals surface area contributed by atoms with Crippen molar-refractivity contribution in [3.8, 4) is 0 Å². The van der Waals surface area contributed by atoms with E-state index in [2.05, 4.69) is 28.2 Å². The maximum atomic E-state index is 5.85. The lowest BCUT2D eigenvalue weighted by Gasteiger charge is -2.13. The van der Waals surface area contributed by atoms with Crippen molar-refractivity contribution in [1.82, 2.24) is 0 Å². The zero-order chi connectivity index (χ0) is 11.3. The molecule has 0 radical (unpaired) electrons. The minimum absolute atomic E-state index is 0.484. The van der Waals surface area contributed by atoms with Gasteiger partial charge < -0.3 is 10.1 Å². The molecular weight excluding hydrogens is 277 g/mol. The van der Waals surface area contributed by atoms with E-state index in [0.29, 0.717) is 5.92 Å². The van der Waals surface area contributed by atoms with Crippen LogP contribution in [-0.4, -0.2) is 20.3 Å². The molecule has 0 amide bonds. The maximum Gasteiger partial charge on any atom is 0.0504 e. The van der Waals surface area contributed by atoms with Crippen molar-refractivity contribution < 1.29 is 4.74 Å². The van der Waals surface area contributed by atoms with Gasteiger partial charge in [0.15, 0.2) is 0 Å². The first kappa shape index (κ1) is 12.8. The van der Waals surface area contributed by atoms with E-state index >= 15 is 0 Å². The molecule has 0 aliphatic carbocycles. The highest BCUT2D eigenvalue weighted by molar-refractivity contribution is 9.10. The van der Waals surface area contributed by atoms with Gasteiger partial charge in [-0.1, -0.05) is 18.5 Å². The molecule has 1 aromatic rings. The first-order valence-corrected chi connectivity index (χ1v) is 5.98. The second-order valence-electron chi connectivity index (χ2n) is 3.57. The third-order valence-corrected chi connectivity index (χ3v) is 2.91. The second kappa shape index (κ2) is 6.36. The predicted molar refractivity (Wildman–Crippen MR) is 68.7 cm³/mol. The Balaban J connectivity index is 2.50. The summed E-state index contributed by atoms with van der Waals surface area (Å²) in [5.74, 6) is 0.484. The van der Waals surface area contributed by atoms with E-state index in [1.807, 2.05) is 18.2 Å². The Morgan fingerprint density at radius 1 is 1.53 bits per heavy atom. The van der Waals surface area contributed by atoms with Gasteiger partial charge in [0.25, 0.3) is 0 Å². The van der Waals surface area contributed by atoms with Crippen LogP contribution < -0.4 is 5.32 Å². The van der Waals surface area contributed by atoms with Gasteiger partial charge in [0.05, 0.1) is 6.61 Å². The van der Waals surface area contributed by atoms with E-state index in [4.69, 9.17) is 16.3 Å². The van der Waals surface area contributed by atoms with E-state index in [1.54, 1.807) is 7.11 Å². The van der Waals surface area contributed by atoms with E-state index in [9.17, 15) is 0 Å². The Labute approximate surface area is 104 Å². The number of halogens is 2. The molecular formula is C11H15BrClNO. The van der Waals surface area contributed by atoms with Gasteiger partial charge in [-0.3, -0.25) is 0 Å². The lowest BCUT2D eigenvalue weighted by Crippen LogP contribution is -2.15. The Morgan fingerprint density at radius 2 is 2.27 bits per heavy atom. The SMILES string of the molecule is COCC(C)CNc1ccc(Cl)cc1Br. The highest BCUT2D eigenvalue weighted by Gasteiger charge is 2.03. The fourth-order valence-corrected chi connectivity index (χ4v) is 2.08. The molecule has 1 aromatic carbocycles. The molecule has 1 rings (SSSR count). The summed E-state index contributed by atoms with van der Waals surface area (Å²) in [5.41, 5.74) is 1.06. The van der Waals surface area contributed by atoms with Gasteiger partial charge in [-0.25, -0.2) is 0 Å². The lowest BCUT2D eigenvalue weighted by atomic mass is 10.2. The fourth-order valence-electron chi connectivity index (χ4n) is 1.26. The lowest BCUT2D eigenvalue weighted by molar-refractivity contribution is 0.164. The third kappa shape index (κ3) is 4.41. The zero-order valence-electron chi connectivity index (χ0n) is 8.89. The van der Waals surface area contributed by atoms with Crippen molar-refractivity contribution >= 4 is 33.2 Å². The molecule has 0 heterocycles. The van der Waals surface area contributed by atoms with Crippen molar-refractivity contribution in [1.29, 1.82) is 0 Å². The Hall–Kier alpha value is -0.250. The van der Waals surface area contributed by atoms with Gasteiger partial charge in [0.1, 0.15) is 0 Å². The molecule has 84 valence electrons. The minimum Gasteiger partial charge on any atom is -0.384 e. The summed E-state index contributed by atoms with van der Waals surface area (Å²) in [4.78, 5) is 0. The van der Waals surface area contributed by atoms with Crippen LogP contribution in [0.1, 0.15) is 6.92 Å². The van der Waals surface area contributed by atoms with Crippen molar-refractivity contribution in [3.05, 3.63) is 27.7 Å². The Morgan fingerprint density at radius 3 is 2.87 bits per heavy atom. The Bertz CT molecular complexity index is 319. The molecule has 0 saturated carbocycles. The monoisotopic (exact) mass is 291 g/mol. The third-order valence-electron chi connectivity index (χ3n) is 2.02. The van der Waals surface area contributed by atoms with Crippen molar-refractivity contribution in [2.75, 3.05) is 25.6 Å². The molecule has 0 bridgehead atoms. The van der Waals surface area contributed by atoms with Gasteiger partial charge in [0.2, 0.25) is 0 Å². The smallest absolute Gasteiger partial charge is 0.0504 e. The molecule has 0 saturated heterocycles. The van der Waals surface area contributed by atoms with Crippen LogP contribution in [0.2, 0.25) is 5.02 Å². The van der Waals surface area contributed by atoms with Crippen LogP contribution in [0.15, 0.2) is 22.7 Å². The quantitative estimate of drug-likeness (QED) is 0.891. The van der Waals surface area contributed by atoms with Crippen LogP contribution in [0, 0.1) is 5.92 Å². The number of methoxy groups -OCH3 is 1. The molecule has 15 heavy (non-hydrogen) atoms. The predicted octanol–water partition coefficient (Wildman–Crippen LogP) is 3.80. The van der Waals surface area contributed by atoms with Crippen LogP contribution in [0.5, 0.6) is 0 Å². The van der Waals surface area contributed by atoms with Gasteiger partial charge in [-0.15, -0.1) is 0 Å². The van der Waals surface area contributed by atoms with Crippen molar-refractivity contribution in [2.45, 2.75) is 6.92 Å². The topological polar surface area (TPSA) is 21.3 Å². The number of ether oxygens (including phenoxy) is 1. The zero-order valence-corrected chi connectivity index (χ0v) is 11.2. The van der Waals surface area contributed by atoms with Gasteiger partial charge in [-0.05, 0) is 40.0 Å². The summed E-state index contributed by atoms with van der Waals surface area (Å²) in [5, 5.41) is 4.07. The highest BCUT2D eigenvalue weighted by Crippen LogP contribution is 2.25. The molecule has 2 nitrogen and oxygen atoms in total. The normalized spacial score (nSPS) is 12.5. The average Bonchev–Trinajstić information content (AvgIpc) is 2.17. The van der Waals surface area contributed by atoms with Crippen LogP contribution in [0.25, 0.3) is 0 Å². The summed E-state index contributed by atoms with van der Waals surface area (Å²) in [6.07, 6.45) is 0. The number of hydrogen-bond acceptors (Lipinski definition) is 2. The number of anilines is 1. The molecule has 1 unspecified atom stereocenters.